The number of carbonyl (C=O) groups is 1. The summed E-state index contributed by atoms with van der Waals surface area (Å²) >= 11 is 0. The van der Waals surface area contributed by atoms with Crippen molar-refractivity contribution in [1.82, 2.24) is 5.48 Å². The Morgan fingerprint density at radius 3 is 2.82 bits per heavy atom. The Morgan fingerprint density at radius 2 is 2.24 bits per heavy atom. The van der Waals surface area contributed by atoms with Crippen molar-refractivity contribution in [3.05, 3.63) is 12.2 Å². The van der Waals surface area contributed by atoms with Crippen LogP contribution in [0.1, 0.15) is 39.0 Å². The lowest BCUT2D eigenvalue weighted by atomic mass is 9.88. The molecule has 1 rings (SSSR count). The first-order chi connectivity index (χ1) is 8.22. The van der Waals surface area contributed by atoms with Crippen LogP contribution in [0, 0.1) is 11.8 Å². The first-order valence-corrected chi connectivity index (χ1v) is 6.34. The second-order valence-electron chi connectivity index (χ2n) is 4.63. The summed E-state index contributed by atoms with van der Waals surface area (Å²) in [5, 5.41) is 9.11. The van der Waals surface area contributed by atoms with Gasteiger partial charge in [-0.2, -0.15) is 0 Å². The van der Waals surface area contributed by atoms with E-state index < -0.39 is 0 Å². The molecule has 0 saturated heterocycles. The van der Waals surface area contributed by atoms with Gasteiger partial charge in [0.1, 0.15) is 0 Å². The fraction of sp³-hybridized carbons (Fsp3) is 0.769. The van der Waals surface area contributed by atoms with Crippen molar-refractivity contribution in [2.45, 2.75) is 45.1 Å². The monoisotopic (exact) mass is 241 g/mol. The third-order valence-electron chi connectivity index (χ3n) is 3.60. The molecule has 0 aromatic heterocycles. The van der Waals surface area contributed by atoms with Crippen LogP contribution < -0.4 is 5.48 Å². The van der Waals surface area contributed by atoms with E-state index in [9.17, 15) is 4.79 Å². The van der Waals surface area contributed by atoms with E-state index in [1.807, 2.05) is 0 Å². The molecule has 4 nitrogen and oxygen atoms in total. The number of carbonyl (C=O) groups excluding carboxylic acids is 1. The lowest BCUT2D eigenvalue weighted by Gasteiger charge is -2.22. The molecule has 0 bridgehead atoms. The van der Waals surface area contributed by atoms with Crippen LogP contribution >= 0.6 is 0 Å². The molecule has 1 aliphatic rings. The topological polar surface area (TPSA) is 58.6 Å². The fourth-order valence-electron chi connectivity index (χ4n) is 2.64. The summed E-state index contributed by atoms with van der Waals surface area (Å²) in [5.41, 5.74) is 2.38. The van der Waals surface area contributed by atoms with Crippen molar-refractivity contribution in [2.75, 3.05) is 7.11 Å². The summed E-state index contributed by atoms with van der Waals surface area (Å²) in [6, 6.07) is 0.103. The highest BCUT2D eigenvalue weighted by Gasteiger charge is 2.36. The molecule has 3 unspecified atom stereocenters. The van der Waals surface area contributed by atoms with Gasteiger partial charge in [-0.3, -0.25) is 4.79 Å². The number of ether oxygens (including phenoxy) is 1. The Balaban J connectivity index is 2.55. The number of methoxy groups -OCH3 is 1. The van der Waals surface area contributed by atoms with Crippen molar-refractivity contribution in [1.29, 1.82) is 0 Å². The van der Waals surface area contributed by atoms with Gasteiger partial charge in [0.05, 0.1) is 7.11 Å². The third kappa shape index (κ3) is 4.13. The van der Waals surface area contributed by atoms with Gasteiger partial charge in [0, 0.05) is 12.5 Å². The smallest absolute Gasteiger partial charge is 0.305 e. The molecule has 0 spiro atoms. The van der Waals surface area contributed by atoms with Crippen molar-refractivity contribution in [3.8, 4) is 0 Å². The Hall–Kier alpha value is -0.870. The van der Waals surface area contributed by atoms with Crippen LogP contribution in [0.25, 0.3) is 0 Å². The lowest BCUT2D eigenvalue weighted by molar-refractivity contribution is -0.142. The second kappa shape index (κ2) is 7.45. The van der Waals surface area contributed by atoms with Crippen LogP contribution in [0.4, 0.5) is 0 Å². The predicted molar refractivity (Wildman–Crippen MR) is 65.6 cm³/mol. The van der Waals surface area contributed by atoms with Gasteiger partial charge in [-0.1, -0.05) is 19.1 Å². The van der Waals surface area contributed by atoms with Crippen molar-refractivity contribution in [2.24, 2.45) is 11.8 Å². The number of allylic oxidation sites excluding steroid dienone is 2. The van der Waals surface area contributed by atoms with E-state index in [1.165, 1.54) is 7.11 Å². The molecule has 4 heteroatoms. The maximum absolute atomic E-state index is 11.3. The molecule has 0 aromatic carbocycles. The quantitative estimate of drug-likeness (QED) is 0.425. The molecular weight excluding hydrogens is 218 g/mol. The van der Waals surface area contributed by atoms with Gasteiger partial charge < -0.3 is 9.94 Å². The average molecular weight is 241 g/mol. The normalized spacial score (nSPS) is 28.8. The molecule has 1 fully saturated rings. The molecule has 2 N–H and O–H groups in total. The standard InChI is InChI=1S/C13H23NO3/c1-3-4-5-6-11-10(9-13(15)17-2)7-8-12(11)14-16/h4-5,10-12,14,16H,3,6-9H2,1-2H3. The summed E-state index contributed by atoms with van der Waals surface area (Å²) in [6.45, 7) is 2.10. The number of hydroxylamine groups is 1. The Kier molecular flexibility index (Phi) is 6.22. The van der Waals surface area contributed by atoms with E-state index in [4.69, 9.17) is 9.94 Å². The molecular formula is C13H23NO3. The molecule has 0 aliphatic heterocycles. The number of hydrogen-bond donors (Lipinski definition) is 2. The van der Waals surface area contributed by atoms with Crippen molar-refractivity contribution < 1.29 is 14.7 Å². The Morgan fingerprint density at radius 1 is 1.47 bits per heavy atom. The van der Waals surface area contributed by atoms with Crippen LogP contribution in [-0.4, -0.2) is 24.3 Å². The van der Waals surface area contributed by atoms with Crippen molar-refractivity contribution >= 4 is 5.97 Å². The second-order valence-corrected chi connectivity index (χ2v) is 4.63. The molecule has 98 valence electrons. The average Bonchev–Trinajstić information content (AvgIpc) is 2.72. The minimum absolute atomic E-state index is 0.103. The van der Waals surface area contributed by atoms with E-state index in [0.717, 1.165) is 25.7 Å². The highest BCUT2D eigenvalue weighted by Crippen LogP contribution is 2.37. The first-order valence-electron chi connectivity index (χ1n) is 6.34. The molecule has 0 radical (unpaired) electrons. The number of hydrogen-bond acceptors (Lipinski definition) is 4. The van der Waals surface area contributed by atoms with Gasteiger partial charge >= 0.3 is 5.97 Å². The molecule has 3 atom stereocenters. The van der Waals surface area contributed by atoms with E-state index in [2.05, 4.69) is 24.6 Å². The maximum Gasteiger partial charge on any atom is 0.305 e. The van der Waals surface area contributed by atoms with Crippen LogP contribution in [-0.2, 0) is 9.53 Å². The fourth-order valence-corrected chi connectivity index (χ4v) is 2.64. The van der Waals surface area contributed by atoms with E-state index >= 15 is 0 Å². The van der Waals surface area contributed by atoms with E-state index in [0.29, 0.717) is 18.3 Å². The number of rotatable bonds is 6. The van der Waals surface area contributed by atoms with Gasteiger partial charge in [-0.25, -0.2) is 5.48 Å². The minimum Gasteiger partial charge on any atom is -0.469 e. The minimum atomic E-state index is -0.155. The number of nitrogens with one attached hydrogen (secondary N) is 1. The van der Waals surface area contributed by atoms with Gasteiger partial charge in [-0.15, -0.1) is 0 Å². The largest absolute Gasteiger partial charge is 0.469 e. The molecule has 1 aliphatic carbocycles. The summed E-state index contributed by atoms with van der Waals surface area (Å²) < 4.78 is 4.72. The van der Waals surface area contributed by atoms with E-state index in [-0.39, 0.29) is 12.0 Å². The summed E-state index contributed by atoms with van der Waals surface area (Å²) in [5.74, 6) is 0.480. The lowest BCUT2D eigenvalue weighted by Crippen LogP contribution is -2.32. The van der Waals surface area contributed by atoms with Crippen LogP contribution in [0.3, 0.4) is 0 Å². The summed E-state index contributed by atoms with van der Waals surface area (Å²) in [6.07, 6.45) is 8.55. The highest BCUT2D eigenvalue weighted by molar-refractivity contribution is 5.69. The van der Waals surface area contributed by atoms with Gasteiger partial charge in [-0.05, 0) is 37.5 Å². The summed E-state index contributed by atoms with van der Waals surface area (Å²) in [4.78, 5) is 11.3. The SMILES string of the molecule is CCC=CCC1C(CC(=O)OC)CCC1NO. The molecule has 0 amide bonds. The van der Waals surface area contributed by atoms with Crippen LogP contribution in [0.5, 0.6) is 0 Å². The van der Waals surface area contributed by atoms with Gasteiger partial charge in [0.25, 0.3) is 0 Å². The summed E-state index contributed by atoms with van der Waals surface area (Å²) in [7, 11) is 1.42. The van der Waals surface area contributed by atoms with Gasteiger partial charge in [0.15, 0.2) is 0 Å². The molecule has 1 saturated carbocycles. The Labute approximate surface area is 103 Å². The number of esters is 1. The molecule has 0 aromatic rings. The van der Waals surface area contributed by atoms with Crippen LogP contribution in [0.2, 0.25) is 0 Å². The van der Waals surface area contributed by atoms with E-state index in [1.54, 1.807) is 0 Å². The predicted octanol–water partition coefficient (Wildman–Crippen LogP) is 2.28. The molecule has 0 heterocycles. The van der Waals surface area contributed by atoms with Gasteiger partial charge in [0.2, 0.25) is 0 Å². The zero-order valence-electron chi connectivity index (χ0n) is 10.7. The zero-order valence-corrected chi connectivity index (χ0v) is 10.7. The highest BCUT2D eigenvalue weighted by atomic mass is 16.5. The van der Waals surface area contributed by atoms with Crippen LogP contribution in [0.15, 0.2) is 12.2 Å². The Bertz CT molecular complexity index is 265. The first kappa shape index (κ1) is 14.2. The van der Waals surface area contributed by atoms with Crippen molar-refractivity contribution in [3.63, 3.8) is 0 Å². The maximum atomic E-state index is 11.3. The third-order valence-corrected chi connectivity index (χ3v) is 3.60. The zero-order chi connectivity index (χ0) is 12.7. The molecule has 17 heavy (non-hydrogen) atoms.